The van der Waals surface area contributed by atoms with Crippen LogP contribution in [-0.4, -0.2) is 10.9 Å². The van der Waals surface area contributed by atoms with Gasteiger partial charge < -0.3 is 10.3 Å². The van der Waals surface area contributed by atoms with E-state index >= 15 is 0 Å². The van der Waals surface area contributed by atoms with Crippen molar-refractivity contribution in [2.45, 2.75) is 32.1 Å². The third-order valence-electron chi connectivity index (χ3n) is 5.53. The van der Waals surface area contributed by atoms with Crippen molar-refractivity contribution in [3.63, 3.8) is 0 Å². The topological polar surface area (TPSA) is 62.0 Å². The standard InChI is InChI=1S/C27H26N2O2/c1-2-9-21-16-26(30)29-25-17-22(14-15-23(21)25)28-27(31)18-24(19-10-5-3-6-11-19)20-12-7-4-8-13-20/h3-8,10-17,24H,2,9,18H2,1H3,(H,28,31)(H,29,30). The Bertz CT molecular complexity index is 1190. The number of aromatic amines is 1. The van der Waals surface area contributed by atoms with E-state index in [2.05, 4.69) is 41.5 Å². The Morgan fingerprint density at radius 3 is 2.16 bits per heavy atom. The van der Waals surface area contributed by atoms with Crippen molar-refractivity contribution in [2.24, 2.45) is 0 Å². The van der Waals surface area contributed by atoms with Crippen LogP contribution in [0.15, 0.2) is 89.7 Å². The second kappa shape index (κ2) is 9.43. The highest BCUT2D eigenvalue weighted by molar-refractivity contribution is 5.94. The Morgan fingerprint density at radius 1 is 0.903 bits per heavy atom. The lowest BCUT2D eigenvalue weighted by atomic mass is 9.88. The number of amides is 1. The SMILES string of the molecule is CCCc1cc(=O)[nH]c2cc(NC(=O)CC(c3ccccc3)c3ccccc3)ccc12. The van der Waals surface area contributed by atoms with Crippen LogP contribution in [0.4, 0.5) is 5.69 Å². The van der Waals surface area contributed by atoms with Crippen LogP contribution in [0, 0.1) is 0 Å². The van der Waals surface area contributed by atoms with Crippen LogP contribution in [0.5, 0.6) is 0 Å². The maximum atomic E-state index is 13.0. The normalized spacial score (nSPS) is 11.0. The van der Waals surface area contributed by atoms with Gasteiger partial charge in [0.15, 0.2) is 0 Å². The van der Waals surface area contributed by atoms with Gasteiger partial charge in [-0.3, -0.25) is 9.59 Å². The number of hydrogen-bond donors (Lipinski definition) is 2. The van der Waals surface area contributed by atoms with Crippen molar-refractivity contribution in [2.75, 3.05) is 5.32 Å². The van der Waals surface area contributed by atoms with E-state index in [0.29, 0.717) is 12.1 Å². The Kier molecular flexibility index (Phi) is 6.27. The van der Waals surface area contributed by atoms with Crippen LogP contribution < -0.4 is 10.9 Å². The molecule has 0 bridgehead atoms. The van der Waals surface area contributed by atoms with Gasteiger partial charge in [0, 0.05) is 29.5 Å². The number of aromatic nitrogens is 1. The molecule has 1 amide bonds. The summed E-state index contributed by atoms with van der Waals surface area (Å²) in [6.07, 6.45) is 2.15. The third-order valence-corrected chi connectivity index (χ3v) is 5.53. The first-order valence-corrected chi connectivity index (χ1v) is 10.7. The minimum atomic E-state index is -0.118. The molecule has 4 aromatic rings. The number of pyridine rings is 1. The van der Waals surface area contributed by atoms with E-state index in [1.165, 1.54) is 0 Å². The van der Waals surface area contributed by atoms with Crippen molar-refractivity contribution in [3.8, 4) is 0 Å². The number of hydrogen-bond acceptors (Lipinski definition) is 2. The fraction of sp³-hybridized carbons (Fsp3) is 0.185. The van der Waals surface area contributed by atoms with Crippen LogP contribution in [0.2, 0.25) is 0 Å². The van der Waals surface area contributed by atoms with E-state index in [1.807, 2.05) is 54.6 Å². The first-order chi connectivity index (χ1) is 15.1. The molecule has 0 radical (unpaired) electrons. The van der Waals surface area contributed by atoms with Crippen molar-refractivity contribution < 1.29 is 4.79 Å². The van der Waals surface area contributed by atoms with Gasteiger partial charge in [-0.25, -0.2) is 0 Å². The summed E-state index contributed by atoms with van der Waals surface area (Å²) in [6, 6.07) is 27.5. The molecular weight excluding hydrogens is 384 g/mol. The minimum absolute atomic E-state index is 0.0289. The van der Waals surface area contributed by atoms with Crippen molar-refractivity contribution in [3.05, 3.63) is 112 Å². The molecule has 156 valence electrons. The van der Waals surface area contributed by atoms with E-state index in [1.54, 1.807) is 6.07 Å². The van der Waals surface area contributed by atoms with Crippen LogP contribution in [0.3, 0.4) is 0 Å². The molecule has 0 saturated heterocycles. The van der Waals surface area contributed by atoms with Gasteiger partial charge in [0.05, 0.1) is 5.52 Å². The number of anilines is 1. The molecule has 0 aliphatic carbocycles. The van der Waals surface area contributed by atoms with E-state index in [9.17, 15) is 9.59 Å². The molecule has 4 nitrogen and oxygen atoms in total. The number of benzene rings is 3. The van der Waals surface area contributed by atoms with Gasteiger partial charge in [-0.2, -0.15) is 0 Å². The number of rotatable bonds is 7. The van der Waals surface area contributed by atoms with Crippen molar-refractivity contribution >= 4 is 22.5 Å². The van der Waals surface area contributed by atoms with Gasteiger partial charge >= 0.3 is 0 Å². The second-order valence-electron chi connectivity index (χ2n) is 7.80. The number of carbonyl (C=O) groups is 1. The average molecular weight is 411 g/mol. The molecule has 0 atom stereocenters. The zero-order chi connectivity index (χ0) is 21.6. The van der Waals surface area contributed by atoms with Crippen LogP contribution in [0.1, 0.15) is 42.4 Å². The second-order valence-corrected chi connectivity index (χ2v) is 7.80. The van der Waals surface area contributed by atoms with Gasteiger partial charge in [0.1, 0.15) is 0 Å². The molecule has 31 heavy (non-hydrogen) atoms. The summed E-state index contributed by atoms with van der Waals surface area (Å²) in [5.74, 6) is -0.0945. The Labute approximate surface area is 182 Å². The van der Waals surface area contributed by atoms with E-state index < -0.39 is 0 Å². The molecule has 0 spiro atoms. The molecule has 0 saturated carbocycles. The predicted molar refractivity (Wildman–Crippen MR) is 127 cm³/mol. The van der Waals surface area contributed by atoms with Crippen LogP contribution in [-0.2, 0) is 11.2 Å². The van der Waals surface area contributed by atoms with Gasteiger partial charge in [0.25, 0.3) is 0 Å². The largest absolute Gasteiger partial charge is 0.326 e. The molecule has 1 aromatic heterocycles. The number of carbonyl (C=O) groups excluding carboxylic acids is 1. The number of H-pyrrole nitrogens is 1. The van der Waals surface area contributed by atoms with Crippen LogP contribution in [0.25, 0.3) is 10.9 Å². The Balaban J connectivity index is 1.58. The summed E-state index contributed by atoms with van der Waals surface area (Å²) < 4.78 is 0. The Morgan fingerprint density at radius 2 is 1.55 bits per heavy atom. The lowest BCUT2D eigenvalue weighted by molar-refractivity contribution is -0.116. The summed E-state index contributed by atoms with van der Waals surface area (Å²) in [5, 5.41) is 4.03. The summed E-state index contributed by atoms with van der Waals surface area (Å²) in [4.78, 5) is 27.9. The molecule has 4 rings (SSSR count). The smallest absolute Gasteiger partial charge is 0.248 e. The first kappa shape index (κ1) is 20.6. The summed E-state index contributed by atoms with van der Waals surface area (Å²) in [7, 11) is 0. The van der Waals surface area contributed by atoms with Gasteiger partial charge in [-0.1, -0.05) is 80.1 Å². The summed E-state index contributed by atoms with van der Waals surface area (Å²) >= 11 is 0. The minimum Gasteiger partial charge on any atom is -0.326 e. The Hall–Kier alpha value is -3.66. The fourth-order valence-electron chi connectivity index (χ4n) is 4.08. The summed E-state index contributed by atoms with van der Waals surface area (Å²) in [5.41, 5.74) is 4.56. The third kappa shape index (κ3) is 4.92. The molecule has 4 heteroatoms. The highest BCUT2D eigenvalue weighted by Gasteiger charge is 2.18. The predicted octanol–water partition coefficient (Wildman–Crippen LogP) is 5.64. The fourth-order valence-corrected chi connectivity index (χ4v) is 4.08. The molecular formula is C27H26N2O2. The van der Waals surface area contributed by atoms with E-state index in [4.69, 9.17) is 0 Å². The lowest BCUT2D eigenvalue weighted by Crippen LogP contribution is -2.16. The highest BCUT2D eigenvalue weighted by Crippen LogP contribution is 2.28. The quantitative estimate of drug-likeness (QED) is 0.414. The van der Waals surface area contributed by atoms with Crippen molar-refractivity contribution in [1.82, 2.24) is 4.98 Å². The van der Waals surface area contributed by atoms with Gasteiger partial charge in [-0.15, -0.1) is 0 Å². The van der Waals surface area contributed by atoms with Crippen LogP contribution >= 0.6 is 0 Å². The number of nitrogens with one attached hydrogen (secondary N) is 2. The molecule has 0 unspecified atom stereocenters. The van der Waals surface area contributed by atoms with Crippen molar-refractivity contribution in [1.29, 1.82) is 0 Å². The first-order valence-electron chi connectivity index (χ1n) is 10.7. The molecule has 1 heterocycles. The lowest BCUT2D eigenvalue weighted by Gasteiger charge is -2.18. The van der Waals surface area contributed by atoms with E-state index in [0.717, 1.165) is 40.4 Å². The van der Waals surface area contributed by atoms with E-state index in [-0.39, 0.29) is 17.4 Å². The maximum absolute atomic E-state index is 13.0. The average Bonchev–Trinajstić information content (AvgIpc) is 2.78. The summed E-state index contributed by atoms with van der Waals surface area (Å²) in [6.45, 7) is 2.09. The zero-order valence-electron chi connectivity index (χ0n) is 17.6. The number of fused-ring (bicyclic) bond motifs is 1. The molecule has 0 fully saturated rings. The monoisotopic (exact) mass is 410 g/mol. The maximum Gasteiger partial charge on any atom is 0.248 e. The zero-order valence-corrected chi connectivity index (χ0v) is 17.6. The molecule has 0 aliphatic heterocycles. The molecule has 3 aromatic carbocycles. The highest BCUT2D eigenvalue weighted by atomic mass is 16.1. The number of aryl methyl sites for hydroxylation is 1. The van der Waals surface area contributed by atoms with Gasteiger partial charge in [0.2, 0.25) is 11.5 Å². The molecule has 0 aliphatic rings. The molecule has 2 N–H and O–H groups in total. The van der Waals surface area contributed by atoms with Gasteiger partial charge in [-0.05, 0) is 35.2 Å².